The highest BCUT2D eigenvalue weighted by molar-refractivity contribution is 5.86. The number of hydrogen-bond donors (Lipinski definition) is 3. The minimum Gasteiger partial charge on any atom is -0.409 e. The lowest BCUT2D eigenvalue weighted by Gasteiger charge is -2.23. The van der Waals surface area contributed by atoms with Gasteiger partial charge in [0.05, 0.1) is 6.42 Å². The summed E-state index contributed by atoms with van der Waals surface area (Å²) in [5.41, 5.74) is 5.93. The number of benzene rings is 1. The van der Waals surface area contributed by atoms with Crippen LogP contribution in [0.3, 0.4) is 0 Å². The summed E-state index contributed by atoms with van der Waals surface area (Å²) in [4.78, 5) is 11.7. The molecule has 0 aliphatic rings. The number of nitrogens with two attached hydrogens (primary N) is 1. The van der Waals surface area contributed by atoms with Gasteiger partial charge in [0.25, 0.3) is 0 Å². The zero-order valence-electron chi connectivity index (χ0n) is 10.7. The number of amidine groups is 1. The van der Waals surface area contributed by atoms with Crippen molar-refractivity contribution in [2.45, 2.75) is 20.3 Å². The molecule has 0 saturated carbocycles. The number of carbonyl (C=O) groups is 1. The maximum absolute atomic E-state index is 11.7. The van der Waals surface area contributed by atoms with Crippen molar-refractivity contribution in [3.05, 3.63) is 35.9 Å². The van der Waals surface area contributed by atoms with Gasteiger partial charge in [-0.25, -0.2) is 0 Å². The molecule has 0 bridgehead atoms. The third-order valence-corrected chi connectivity index (χ3v) is 2.74. The number of nitrogens with one attached hydrogen (secondary N) is 1. The van der Waals surface area contributed by atoms with Crippen molar-refractivity contribution in [3.63, 3.8) is 0 Å². The largest absolute Gasteiger partial charge is 0.409 e. The lowest BCUT2D eigenvalue weighted by Crippen LogP contribution is -2.43. The van der Waals surface area contributed by atoms with Gasteiger partial charge in [-0.1, -0.05) is 49.3 Å². The normalized spacial score (nSPS) is 12.2. The van der Waals surface area contributed by atoms with Crippen molar-refractivity contribution in [3.8, 4) is 0 Å². The maximum atomic E-state index is 11.7. The number of oxime groups is 1. The standard InChI is InChI=1S/C13H19N3O2/c1-13(2,12(14)16-18)9-15-11(17)8-10-6-4-3-5-7-10/h3-7,18H,8-9H2,1-2H3,(H2,14,16)(H,15,17). The van der Waals surface area contributed by atoms with Gasteiger partial charge in [-0.2, -0.15) is 0 Å². The van der Waals surface area contributed by atoms with Crippen LogP contribution in [0.25, 0.3) is 0 Å². The summed E-state index contributed by atoms with van der Waals surface area (Å²) >= 11 is 0. The number of carbonyl (C=O) groups excluding carboxylic acids is 1. The highest BCUT2D eigenvalue weighted by Crippen LogP contribution is 2.13. The van der Waals surface area contributed by atoms with E-state index in [-0.39, 0.29) is 11.7 Å². The van der Waals surface area contributed by atoms with E-state index in [1.165, 1.54) is 0 Å². The van der Waals surface area contributed by atoms with E-state index >= 15 is 0 Å². The van der Waals surface area contributed by atoms with Crippen molar-refractivity contribution in [1.82, 2.24) is 5.32 Å². The zero-order valence-corrected chi connectivity index (χ0v) is 10.7. The van der Waals surface area contributed by atoms with Crippen LogP contribution in [0.4, 0.5) is 0 Å². The molecular formula is C13H19N3O2. The third-order valence-electron chi connectivity index (χ3n) is 2.74. The molecule has 98 valence electrons. The van der Waals surface area contributed by atoms with Crippen molar-refractivity contribution in [1.29, 1.82) is 0 Å². The smallest absolute Gasteiger partial charge is 0.224 e. The second-order valence-corrected chi connectivity index (χ2v) is 4.81. The molecule has 1 rings (SSSR count). The first kappa shape index (κ1) is 14.0. The number of nitrogens with zero attached hydrogens (tertiary/aromatic N) is 1. The molecular weight excluding hydrogens is 230 g/mol. The Morgan fingerprint density at radius 1 is 1.39 bits per heavy atom. The first-order chi connectivity index (χ1) is 8.45. The van der Waals surface area contributed by atoms with Gasteiger partial charge < -0.3 is 16.3 Å². The molecule has 4 N–H and O–H groups in total. The van der Waals surface area contributed by atoms with Gasteiger partial charge >= 0.3 is 0 Å². The molecule has 0 unspecified atom stereocenters. The summed E-state index contributed by atoms with van der Waals surface area (Å²) in [7, 11) is 0. The summed E-state index contributed by atoms with van der Waals surface area (Å²) in [5, 5.41) is 14.4. The molecule has 0 aliphatic carbocycles. The van der Waals surface area contributed by atoms with E-state index in [4.69, 9.17) is 10.9 Å². The van der Waals surface area contributed by atoms with Crippen LogP contribution < -0.4 is 11.1 Å². The first-order valence-corrected chi connectivity index (χ1v) is 5.74. The Labute approximate surface area is 107 Å². The van der Waals surface area contributed by atoms with Crippen LogP contribution in [0, 0.1) is 5.41 Å². The van der Waals surface area contributed by atoms with Gasteiger partial charge in [0.15, 0.2) is 0 Å². The van der Waals surface area contributed by atoms with E-state index < -0.39 is 5.41 Å². The fourth-order valence-corrected chi connectivity index (χ4v) is 1.39. The highest BCUT2D eigenvalue weighted by Gasteiger charge is 2.24. The Bertz CT molecular complexity index is 427. The van der Waals surface area contributed by atoms with E-state index in [9.17, 15) is 4.79 Å². The number of amides is 1. The Balaban J connectivity index is 2.47. The van der Waals surface area contributed by atoms with Crippen molar-refractivity contribution in [2.75, 3.05) is 6.54 Å². The lowest BCUT2D eigenvalue weighted by atomic mass is 9.92. The molecule has 1 aromatic carbocycles. The molecule has 1 aromatic rings. The van der Waals surface area contributed by atoms with Crippen LogP contribution in [-0.4, -0.2) is 23.5 Å². The molecule has 5 nitrogen and oxygen atoms in total. The molecule has 0 spiro atoms. The number of rotatable bonds is 5. The van der Waals surface area contributed by atoms with Gasteiger partial charge in [-0.3, -0.25) is 4.79 Å². The van der Waals surface area contributed by atoms with Crippen LogP contribution in [0.15, 0.2) is 35.5 Å². The van der Waals surface area contributed by atoms with Gasteiger partial charge in [0, 0.05) is 12.0 Å². The SMILES string of the molecule is CC(C)(CNC(=O)Cc1ccccc1)/C(N)=N/O. The minimum absolute atomic E-state index is 0.0833. The summed E-state index contributed by atoms with van der Waals surface area (Å²) in [6, 6.07) is 9.48. The van der Waals surface area contributed by atoms with Crippen LogP contribution in [0.1, 0.15) is 19.4 Å². The fourth-order valence-electron chi connectivity index (χ4n) is 1.39. The predicted molar refractivity (Wildman–Crippen MR) is 70.3 cm³/mol. The molecule has 1 amide bonds. The highest BCUT2D eigenvalue weighted by atomic mass is 16.4. The lowest BCUT2D eigenvalue weighted by molar-refractivity contribution is -0.120. The molecule has 0 aliphatic heterocycles. The molecule has 0 heterocycles. The van der Waals surface area contributed by atoms with Crippen molar-refractivity contribution >= 4 is 11.7 Å². The van der Waals surface area contributed by atoms with E-state index in [0.717, 1.165) is 5.56 Å². The topological polar surface area (TPSA) is 87.7 Å². The number of hydrogen-bond acceptors (Lipinski definition) is 3. The van der Waals surface area contributed by atoms with Gasteiger partial charge in [-0.15, -0.1) is 0 Å². The summed E-state index contributed by atoms with van der Waals surface area (Å²) in [6.07, 6.45) is 0.326. The molecule has 5 heteroatoms. The van der Waals surface area contributed by atoms with E-state index in [2.05, 4.69) is 10.5 Å². The van der Waals surface area contributed by atoms with Crippen LogP contribution >= 0.6 is 0 Å². The van der Waals surface area contributed by atoms with Gasteiger partial charge in [0.1, 0.15) is 5.84 Å². The average Bonchev–Trinajstić information content (AvgIpc) is 2.36. The van der Waals surface area contributed by atoms with E-state index in [0.29, 0.717) is 13.0 Å². The van der Waals surface area contributed by atoms with Crippen molar-refractivity contribution < 1.29 is 10.0 Å². The Hall–Kier alpha value is -2.04. The van der Waals surface area contributed by atoms with Crippen molar-refractivity contribution in [2.24, 2.45) is 16.3 Å². The minimum atomic E-state index is -0.568. The van der Waals surface area contributed by atoms with Gasteiger partial charge in [0.2, 0.25) is 5.91 Å². The van der Waals surface area contributed by atoms with E-state index in [1.807, 2.05) is 30.3 Å². The molecule has 0 atom stereocenters. The zero-order chi connectivity index (χ0) is 13.6. The Kier molecular flexibility index (Phi) is 4.71. The fraction of sp³-hybridized carbons (Fsp3) is 0.385. The maximum Gasteiger partial charge on any atom is 0.224 e. The molecule has 0 aromatic heterocycles. The predicted octanol–water partition coefficient (Wildman–Crippen LogP) is 1.12. The molecule has 0 saturated heterocycles. The summed E-state index contributed by atoms with van der Waals surface area (Å²) in [6.45, 7) is 3.92. The van der Waals surface area contributed by atoms with E-state index in [1.54, 1.807) is 13.8 Å². The second-order valence-electron chi connectivity index (χ2n) is 4.81. The molecule has 0 fully saturated rings. The second kappa shape index (κ2) is 6.05. The average molecular weight is 249 g/mol. The molecule has 0 radical (unpaired) electrons. The van der Waals surface area contributed by atoms with Crippen LogP contribution in [0.5, 0.6) is 0 Å². The third kappa shape index (κ3) is 4.08. The summed E-state index contributed by atoms with van der Waals surface area (Å²) < 4.78 is 0. The van der Waals surface area contributed by atoms with Gasteiger partial charge in [-0.05, 0) is 5.56 Å². The quantitative estimate of drug-likeness (QED) is 0.316. The monoisotopic (exact) mass is 249 g/mol. The Morgan fingerprint density at radius 3 is 2.56 bits per heavy atom. The first-order valence-electron chi connectivity index (χ1n) is 5.74. The van der Waals surface area contributed by atoms with Crippen LogP contribution in [0.2, 0.25) is 0 Å². The van der Waals surface area contributed by atoms with Crippen LogP contribution in [-0.2, 0) is 11.2 Å². The summed E-state index contributed by atoms with van der Waals surface area (Å²) in [5.74, 6) is 0.0162. The molecule has 18 heavy (non-hydrogen) atoms. The Morgan fingerprint density at radius 2 is 2.00 bits per heavy atom.